The second kappa shape index (κ2) is 8.74. The summed E-state index contributed by atoms with van der Waals surface area (Å²) in [6.07, 6.45) is 7.57. The van der Waals surface area contributed by atoms with Gasteiger partial charge in [0.1, 0.15) is 18.0 Å². The number of nitrogens with one attached hydrogen (secondary N) is 1. The van der Waals surface area contributed by atoms with Gasteiger partial charge in [-0.15, -0.1) is 0 Å². The summed E-state index contributed by atoms with van der Waals surface area (Å²) in [5.74, 6) is -1.91. The molecule has 0 saturated heterocycles. The number of aliphatic imine (C=N–C) groups is 1. The zero-order chi connectivity index (χ0) is 25.7. The molecular formula is C27H20F2N4O3S. The van der Waals surface area contributed by atoms with Crippen LogP contribution >= 0.6 is 0 Å². The zero-order valence-electron chi connectivity index (χ0n) is 19.3. The number of sulfonamides is 1. The highest BCUT2D eigenvalue weighted by atomic mass is 32.2. The van der Waals surface area contributed by atoms with Crippen LogP contribution in [0, 0.1) is 11.6 Å². The number of benzene rings is 3. The Labute approximate surface area is 211 Å². The summed E-state index contributed by atoms with van der Waals surface area (Å²) in [6.45, 7) is 0. The number of anilines is 1. The Hall–Kier alpha value is -4.18. The molecule has 1 N–H and O–H groups in total. The molecule has 7 nitrogen and oxygen atoms in total. The van der Waals surface area contributed by atoms with Crippen LogP contribution in [-0.4, -0.2) is 35.3 Å². The standard InChI is InChI=1S/C27H20F2N4O3S/c28-19-3-6-23(24(29)12-19)18-9-20(32-37(35,36)22-4-5-22)13-21(10-18)33-15-31-25-11-16(1-7-26(25)33)17-2-8-27(34)30-14-17/h1-3,6-15,17,22,32H,4-5H2. The van der Waals surface area contributed by atoms with Crippen LogP contribution in [-0.2, 0) is 14.8 Å². The summed E-state index contributed by atoms with van der Waals surface area (Å²) in [5, 5.41) is -0.442. The van der Waals surface area contributed by atoms with Crippen molar-refractivity contribution in [2.24, 2.45) is 4.99 Å². The average Bonchev–Trinajstić information content (AvgIpc) is 3.64. The Bertz CT molecular complexity index is 1720. The van der Waals surface area contributed by atoms with E-state index in [9.17, 15) is 22.0 Å². The van der Waals surface area contributed by atoms with E-state index in [0.29, 0.717) is 29.6 Å². The Kier molecular flexibility index (Phi) is 5.49. The van der Waals surface area contributed by atoms with E-state index in [2.05, 4.69) is 14.7 Å². The number of halogens is 2. The molecule has 3 aromatic carbocycles. The van der Waals surface area contributed by atoms with Gasteiger partial charge < -0.3 is 0 Å². The molecule has 1 saturated carbocycles. The van der Waals surface area contributed by atoms with Gasteiger partial charge in [0.05, 0.1) is 22.0 Å². The molecule has 1 atom stereocenters. The maximum Gasteiger partial charge on any atom is 0.269 e. The Morgan fingerprint density at radius 3 is 2.57 bits per heavy atom. The first-order valence-corrected chi connectivity index (χ1v) is 13.2. The maximum atomic E-state index is 14.7. The van der Waals surface area contributed by atoms with E-state index >= 15 is 0 Å². The minimum Gasteiger partial charge on any atom is -0.299 e. The van der Waals surface area contributed by atoms with Crippen LogP contribution < -0.4 is 4.72 Å². The molecule has 6 rings (SSSR count). The number of hydrogen-bond acceptors (Lipinski definition) is 4. The van der Waals surface area contributed by atoms with Crippen molar-refractivity contribution in [1.29, 1.82) is 0 Å². The van der Waals surface area contributed by atoms with Gasteiger partial charge in [-0.1, -0.05) is 12.1 Å². The van der Waals surface area contributed by atoms with E-state index in [0.717, 1.165) is 23.2 Å². The van der Waals surface area contributed by atoms with Gasteiger partial charge in [-0.05, 0) is 66.4 Å². The molecule has 4 aromatic rings. The molecule has 1 aliphatic heterocycles. The summed E-state index contributed by atoms with van der Waals surface area (Å²) in [5.41, 5.74) is 3.67. The highest BCUT2D eigenvalue weighted by Crippen LogP contribution is 2.34. The third-order valence-electron chi connectivity index (χ3n) is 6.43. The molecule has 1 fully saturated rings. The van der Waals surface area contributed by atoms with Crippen LogP contribution in [0.25, 0.3) is 27.8 Å². The number of fused-ring (bicyclic) bond motifs is 1. The van der Waals surface area contributed by atoms with E-state index in [4.69, 9.17) is 0 Å². The Morgan fingerprint density at radius 1 is 1.00 bits per heavy atom. The quantitative estimate of drug-likeness (QED) is 0.383. The fraction of sp³-hybridized carbons (Fsp3) is 0.148. The summed E-state index contributed by atoms with van der Waals surface area (Å²) in [6, 6.07) is 13.8. The molecule has 1 unspecified atom stereocenters. The summed E-state index contributed by atoms with van der Waals surface area (Å²) in [4.78, 5) is 19.7. The first-order valence-electron chi connectivity index (χ1n) is 11.6. The largest absolute Gasteiger partial charge is 0.299 e. The van der Waals surface area contributed by atoms with Gasteiger partial charge in [0.25, 0.3) is 5.91 Å². The number of aromatic nitrogens is 2. The minimum atomic E-state index is -3.58. The van der Waals surface area contributed by atoms with Crippen molar-refractivity contribution in [3.63, 3.8) is 0 Å². The number of dihydropyridines is 1. The fourth-order valence-electron chi connectivity index (χ4n) is 4.39. The van der Waals surface area contributed by atoms with Gasteiger partial charge in [-0.2, -0.15) is 0 Å². The normalized spacial score (nSPS) is 17.5. The molecule has 0 bridgehead atoms. The van der Waals surface area contributed by atoms with Gasteiger partial charge >= 0.3 is 0 Å². The van der Waals surface area contributed by atoms with Gasteiger partial charge in [-0.25, -0.2) is 27.2 Å². The number of rotatable bonds is 6. The number of nitrogens with zero attached hydrogens (tertiary/aromatic N) is 3. The van der Waals surface area contributed by atoms with Crippen LogP contribution in [0.4, 0.5) is 14.5 Å². The van der Waals surface area contributed by atoms with Crippen molar-refractivity contribution in [1.82, 2.24) is 9.55 Å². The fourth-order valence-corrected chi connectivity index (χ4v) is 5.76. The predicted octanol–water partition coefficient (Wildman–Crippen LogP) is 5.13. The second-order valence-electron chi connectivity index (χ2n) is 9.10. The van der Waals surface area contributed by atoms with E-state index in [1.54, 1.807) is 35.3 Å². The zero-order valence-corrected chi connectivity index (χ0v) is 20.1. The van der Waals surface area contributed by atoms with Gasteiger partial charge in [-0.3, -0.25) is 14.1 Å². The number of allylic oxidation sites excluding steroid dienone is 1. The van der Waals surface area contributed by atoms with Crippen molar-refractivity contribution in [2.75, 3.05) is 4.72 Å². The molecule has 186 valence electrons. The topological polar surface area (TPSA) is 93.4 Å². The lowest BCUT2D eigenvalue weighted by Gasteiger charge is -2.14. The molecule has 0 radical (unpaired) electrons. The van der Waals surface area contributed by atoms with Crippen LogP contribution in [0.15, 0.2) is 78.1 Å². The van der Waals surface area contributed by atoms with Crippen LogP contribution in [0.3, 0.4) is 0 Å². The van der Waals surface area contributed by atoms with Gasteiger partial charge in [0, 0.05) is 35.5 Å². The smallest absolute Gasteiger partial charge is 0.269 e. The molecule has 1 aliphatic carbocycles. The van der Waals surface area contributed by atoms with E-state index in [1.807, 2.05) is 18.2 Å². The van der Waals surface area contributed by atoms with Crippen molar-refractivity contribution < 1.29 is 22.0 Å². The summed E-state index contributed by atoms with van der Waals surface area (Å²) in [7, 11) is -3.58. The second-order valence-corrected chi connectivity index (χ2v) is 11.1. The Balaban J connectivity index is 1.45. The minimum absolute atomic E-state index is 0.139. The number of carbonyl (C=O) groups is 1. The third kappa shape index (κ3) is 4.55. The predicted molar refractivity (Wildman–Crippen MR) is 137 cm³/mol. The van der Waals surface area contributed by atoms with Crippen LogP contribution in [0.5, 0.6) is 0 Å². The van der Waals surface area contributed by atoms with E-state index in [-0.39, 0.29) is 23.1 Å². The van der Waals surface area contributed by atoms with E-state index < -0.39 is 26.9 Å². The molecule has 10 heteroatoms. The molecule has 1 aromatic heterocycles. The van der Waals surface area contributed by atoms with Crippen LogP contribution in [0.2, 0.25) is 0 Å². The lowest BCUT2D eigenvalue weighted by molar-refractivity contribution is -0.113. The number of amides is 1. The molecule has 2 aliphatic rings. The molecular weight excluding hydrogens is 498 g/mol. The molecule has 37 heavy (non-hydrogen) atoms. The van der Waals surface area contributed by atoms with Crippen molar-refractivity contribution in [3.8, 4) is 16.8 Å². The number of hydrogen-bond donors (Lipinski definition) is 1. The van der Waals surface area contributed by atoms with Crippen molar-refractivity contribution >= 4 is 38.9 Å². The lowest BCUT2D eigenvalue weighted by atomic mass is 9.98. The molecule has 2 heterocycles. The van der Waals surface area contributed by atoms with Gasteiger partial charge in [0.2, 0.25) is 10.0 Å². The maximum absolute atomic E-state index is 14.7. The van der Waals surface area contributed by atoms with Crippen molar-refractivity contribution in [3.05, 3.63) is 90.3 Å². The van der Waals surface area contributed by atoms with Gasteiger partial charge in [0.15, 0.2) is 0 Å². The molecule has 0 spiro atoms. The molecule has 1 amide bonds. The number of imidazole rings is 1. The highest BCUT2D eigenvalue weighted by molar-refractivity contribution is 7.93. The Morgan fingerprint density at radius 2 is 1.84 bits per heavy atom. The third-order valence-corrected chi connectivity index (χ3v) is 8.30. The highest BCUT2D eigenvalue weighted by Gasteiger charge is 2.35. The monoisotopic (exact) mass is 518 g/mol. The average molecular weight is 519 g/mol. The van der Waals surface area contributed by atoms with Crippen LogP contribution in [0.1, 0.15) is 24.3 Å². The summed E-state index contributed by atoms with van der Waals surface area (Å²) < 4.78 is 57.9. The first kappa shape index (κ1) is 23.2. The SMILES string of the molecule is O=C1C=CC(c2ccc3c(c2)ncn3-c2cc(NS(=O)(=O)C3CC3)cc(-c3ccc(F)cc3F)c2)C=N1. The van der Waals surface area contributed by atoms with E-state index in [1.165, 1.54) is 18.2 Å². The van der Waals surface area contributed by atoms with Crippen molar-refractivity contribution in [2.45, 2.75) is 24.0 Å². The summed E-state index contributed by atoms with van der Waals surface area (Å²) >= 11 is 0. The first-order chi connectivity index (χ1) is 17.8. The lowest BCUT2D eigenvalue weighted by Crippen LogP contribution is -2.17. The number of carbonyl (C=O) groups excluding carboxylic acids is 1.